The van der Waals surface area contributed by atoms with Crippen LogP contribution in [-0.4, -0.2) is 18.3 Å². The van der Waals surface area contributed by atoms with Crippen molar-refractivity contribution in [2.45, 2.75) is 12.8 Å². The van der Waals surface area contributed by atoms with Gasteiger partial charge in [-0.3, -0.25) is 9.59 Å². The van der Waals surface area contributed by atoms with Crippen LogP contribution in [0.5, 0.6) is 5.75 Å². The molecule has 1 atom stereocenters. The van der Waals surface area contributed by atoms with Gasteiger partial charge in [-0.15, -0.1) is 0 Å². The Labute approximate surface area is 137 Å². The molecule has 118 valence electrons. The number of carbonyl (C=O) groups is 2. The third kappa shape index (κ3) is 3.05. The number of rotatable bonds is 4. The zero-order valence-corrected chi connectivity index (χ0v) is 13.0. The molecule has 2 aromatic rings. The highest BCUT2D eigenvalue weighted by molar-refractivity contribution is 6.32. The summed E-state index contributed by atoms with van der Waals surface area (Å²) in [7, 11) is 0. The highest BCUT2D eigenvalue weighted by Crippen LogP contribution is 2.33. The smallest absolute Gasteiger partial charge is 0.231 e. The van der Waals surface area contributed by atoms with Gasteiger partial charge in [-0.25, -0.2) is 4.39 Å². The lowest BCUT2D eigenvalue weighted by atomic mass is 9.99. The number of fused-ring (bicyclic) bond motifs is 1. The molecule has 1 heterocycles. The molecular formula is C17H13ClFNO3. The minimum Gasteiger partial charge on any atom is -0.484 e. The van der Waals surface area contributed by atoms with E-state index in [1.807, 2.05) is 0 Å². The standard InChI is InChI=1S/C17H13ClFNO3/c1-9-12-6-10(2-4-14(12)20-17(9)22)15(21)8-23-16-5-3-11(19)7-13(16)18/h2-7,9H,8H2,1H3,(H,20,22)/t9-/m0/s1. The van der Waals surface area contributed by atoms with Crippen LogP contribution < -0.4 is 10.1 Å². The van der Waals surface area contributed by atoms with Crippen LogP contribution >= 0.6 is 11.6 Å². The van der Waals surface area contributed by atoms with E-state index in [1.165, 1.54) is 12.1 Å². The van der Waals surface area contributed by atoms with Crippen molar-refractivity contribution in [1.29, 1.82) is 0 Å². The van der Waals surface area contributed by atoms with Gasteiger partial charge in [0.15, 0.2) is 12.4 Å². The molecule has 0 aliphatic carbocycles. The summed E-state index contributed by atoms with van der Waals surface area (Å²) in [6.07, 6.45) is 0. The third-order valence-electron chi connectivity index (χ3n) is 3.74. The van der Waals surface area contributed by atoms with Crippen molar-refractivity contribution in [2.24, 2.45) is 0 Å². The summed E-state index contributed by atoms with van der Waals surface area (Å²) in [6.45, 7) is 1.56. The average molecular weight is 334 g/mol. The number of nitrogens with one attached hydrogen (secondary N) is 1. The summed E-state index contributed by atoms with van der Waals surface area (Å²) in [4.78, 5) is 23.9. The maximum absolute atomic E-state index is 13.0. The zero-order chi connectivity index (χ0) is 16.6. The average Bonchev–Trinajstić information content (AvgIpc) is 2.80. The van der Waals surface area contributed by atoms with Gasteiger partial charge in [-0.2, -0.15) is 0 Å². The van der Waals surface area contributed by atoms with E-state index in [1.54, 1.807) is 25.1 Å². The molecule has 0 bridgehead atoms. The van der Waals surface area contributed by atoms with Gasteiger partial charge in [0.05, 0.1) is 10.9 Å². The van der Waals surface area contributed by atoms with Crippen LogP contribution in [0.2, 0.25) is 5.02 Å². The molecule has 3 rings (SSSR count). The van der Waals surface area contributed by atoms with Crippen molar-refractivity contribution in [2.75, 3.05) is 11.9 Å². The number of halogens is 2. The van der Waals surface area contributed by atoms with Crippen LogP contribution in [0.4, 0.5) is 10.1 Å². The van der Waals surface area contributed by atoms with E-state index in [2.05, 4.69) is 5.32 Å². The first-order valence-electron chi connectivity index (χ1n) is 7.01. The number of anilines is 1. The molecule has 23 heavy (non-hydrogen) atoms. The van der Waals surface area contributed by atoms with E-state index in [9.17, 15) is 14.0 Å². The number of ether oxygens (including phenoxy) is 1. The van der Waals surface area contributed by atoms with Gasteiger partial charge in [0.1, 0.15) is 11.6 Å². The van der Waals surface area contributed by atoms with Gasteiger partial charge in [0.2, 0.25) is 5.91 Å². The van der Waals surface area contributed by atoms with Crippen LogP contribution in [-0.2, 0) is 4.79 Å². The molecular weight excluding hydrogens is 321 g/mol. The molecule has 1 aliphatic rings. The molecule has 0 saturated carbocycles. The number of carbonyl (C=O) groups excluding carboxylic acids is 2. The fourth-order valence-electron chi connectivity index (χ4n) is 2.41. The summed E-state index contributed by atoms with van der Waals surface area (Å²) in [6, 6.07) is 8.73. The Hall–Kier alpha value is -2.40. The predicted molar refractivity (Wildman–Crippen MR) is 84.7 cm³/mol. The number of amides is 1. The van der Waals surface area contributed by atoms with Gasteiger partial charge in [0.25, 0.3) is 0 Å². The van der Waals surface area contributed by atoms with E-state index in [-0.39, 0.29) is 35.0 Å². The van der Waals surface area contributed by atoms with Crippen molar-refractivity contribution in [3.05, 3.63) is 58.4 Å². The van der Waals surface area contributed by atoms with E-state index >= 15 is 0 Å². The maximum atomic E-state index is 13.0. The number of hydrogen-bond donors (Lipinski definition) is 1. The zero-order valence-electron chi connectivity index (χ0n) is 12.2. The molecule has 6 heteroatoms. The minimum absolute atomic E-state index is 0.0843. The van der Waals surface area contributed by atoms with Gasteiger partial charge in [-0.1, -0.05) is 11.6 Å². The predicted octanol–water partition coefficient (Wildman–Crippen LogP) is 3.80. The summed E-state index contributed by atoms with van der Waals surface area (Å²) >= 11 is 5.85. The lowest BCUT2D eigenvalue weighted by Gasteiger charge is -2.09. The van der Waals surface area contributed by atoms with Crippen LogP contribution in [0, 0.1) is 5.82 Å². The fraction of sp³-hybridized carbons (Fsp3) is 0.176. The lowest BCUT2D eigenvalue weighted by Crippen LogP contribution is -2.12. The largest absolute Gasteiger partial charge is 0.484 e. The molecule has 0 radical (unpaired) electrons. The first-order valence-corrected chi connectivity index (χ1v) is 7.39. The summed E-state index contributed by atoms with van der Waals surface area (Å²) < 4.78 is 18.3. The molecule has 1 amide bonds. The highest BCUT2D eigenvalue weighted by Gasteiger charge is 2.27. The Morgan fingerprint density at radius 2 is 2.09 bits per heavy atom. The number of Topliss-reactive ketones (excluding diaryl/α,β-unsaturated/α-hetero) is 1. The van der Waals surface area contributed by atoms with E-state index in [0.717, 1.165) is 17.3 Å². The molecule has 4 nitrogen and oxygen atoms in total. The molecule has 0 spiro atoms. The van der Waals surface area contributed by atoms with Gasteiger partial charge in [-0.05, 0) is 48.9 Å². The van der Waals surface area contributed by atoms with Crippen LogP contribution in [0.1, 0.15) is 28.8 Å². The third-order valence-corrected chi connectivity index (χ3v) is 4.04. The Morgan fingerprint density at radius 3 is 2.83 bits per heavy atom. The Morgan fingerprint density at radius 1 is 1.30 bits per heavy atom. The number of benzene rings is 2. The monoisotopic (exact) mass is 333 g/mol. The summed E-state index contributed by atoms with van der Waals surface area (Å²) in [5, 5.41) is 2.86. The Kier molecular flexibility index (Phi) is 4.05. The van der Waals surface area contributed by atoms with Gasteiger partial charge >= 0.3 is 0 Å². The number of hydrogen-bond acceptors (Lipinski definition) is 3. The van der Waals surface area contributed by atoms with Crippen LogP contribution in [0.3, 0.4) is 0 Å². The van der Waals surface area contributed by atoms with Gasteiger partial charge in [0, 0.05) is 11.3 Å². The Bertz CT molecular complexity index is 806. The molecule has 2 aromatic carbocycles. The minimum atomic E-state index is -0.474. The van der Waals surface area contributed by atoms with Crippen molar-refractivity contribution < 1.29 is 18.7 Å². The Balaban J connectivity index is 1.73. The first kappa shape index (κ1) is 15.5. The molecule has 0 saturated heterocycles. The normalized spacial score (nSPS) is 16.0. The second-order valence-electron chi connectivity index (χ2n) is 5.30. The van der Waals surface area contributed by atoms with Crippen molar-refractivity contribution in [3.8, 4) is 5.75 Å². The van der Waals surface area contributed by atoms with Crippen LogP contribution in [0.15, 0.2) is 36.4 Å². The lowest BCUT2D eigenvalue weighted by molar-refractivity contribution is -0.116. The SMILES string of the molecule is C[C@@H]1C(=O)Nc2ccc(C(=O)COc3ccc(F)cc3Cl)cc21. The molecule has 1 aliphatic heterocycles. The second kappa shape index (κ2) is 6.01. The van der Waals surface area contributed by atoms with Crippen molar-refractivity contribution in [1.82, 2.24) is 0 Å². The fourth-order valence-corrected chi connectivity index (χ4v) is 2.63. The molecule has 0 unspecified atom stereocenters. The molecule has 0 fully saturated rings. The van der Waals surface area contributed by atoms with Gasteiger partial charge < -0.3 is 10.1 Å². The van der Waals surface area contributed by atoms with E-state index < -0.39 is 5.82 Å². The van der Waals surface area contributed by atoms with E-state index in [0.29, 0.717) is 5.56 Å². The quantitative estimate of drug-likeness (QED) is 0.866. The van der Waals surface area contributed by atoms with Crippen molar-refractivity contribution in [3.63, 3.8) is 0 Å². The summed E-state index contributed by atoms with van der Waals surface area (Å²) in [5.41, 5.74) is 1.97. The second-order valence-corrected chi connectivity index (χ2v) is 5.71. The van der Waals surface area contributed by atoms with Crippen LogP contribution in [0.25, 0.3) is 0 Å². The topological polar surface area (TPSA) is 55.4 Å². The van der Waals surface area contributed by atoms with Crippen molar-refractivity contribution >= 4 is 29.0 Å². The molecule has 0 aromatic heterocycles. The van der Waals surface area contributed by atoms with E-state index in [4.69, 9.17) is 16.3 Å². The maximum Gasteiger partial charge on any atom is 0.231 e. The first-order chi connectivity index (χ1) is 11.0. The molecule has 1 N–H and O–H groups in total. The summed E-state index contributed by atoms with van der Waals surface area (Å²) in [5.74, 6) is -0.852. The highest BCUT2D eigenvalue weighted by atomic mass is 35.5. The number of ketones is 1.